The Morgan fingerprint density at radius 3 is 2.33 bits per heavy atom. The fraction of sp³-hybridized carbons (Fsp3) is 0.294. The van der Waals surface area contributed by atoms with Gasteiger partial charge in [-0.15, -0.1) is 0 Å². The quantitative estimate of drug-likeness (QED) is 0.785. The van der Waals surface area contributed by atoms with E-state index in [2.05, 4.69) is 15.9 Å². The van der Waals surface area contributed by atoms with E-state index in [4.69, 9.17) is 4.42 Å². The van der Waals surface area contributed by atoms with E-state index in [1.165, 1.54) is 18.4 Å². The molecule has 0 N–H and O–H groups in total. The third-order valence-electron chi connectivity index (χ3n) is 3.99. The van der Waals surface area contributed by atoms with Gasteiger partial charge in [0, 0.05) is 32.2 Å². The molecule has 2 aromatic rings. The van der Waals surface area contributed by atoms with Crippen LogP contribution in [0.1, 0.15) is 27.1 Å². The minimum Gasteiger partial charge on any atom is -0.457 e. The maximum Gasteiger partial charge on any atom is 0.257 e. The van der Waals surface area contributed by atoms with Crippen molar-refractivity contribution in [1.82, 2.24) is 9.80 Å². The molecule has 1 fully saturated rings. The van der Waals surface area contributed by atoms with Crippen LogP contribution in [-0.4, -0.2) is 47.8 Å². The highest BCUT2D eigenvalue weighted by molar-refractivity contribution is 9.10. The Labute approximate surface area is 147 Å². The summed E-state index contributed by atoms with van der Waals surface area (Å²) in [4.78, 5) is 28.2. The molecule has 2 heterocycles. The molecule has 1 saturated heterocycles. The molecule has 0 spiro atoms. The Balaban J connectivity index is 1.68. The summed E-state index contributed by atoms with van der Waals surface area (Å²) in [5.74, 6) is -0.999. The Kier molecular flexibility index (Phi) is 4.99. The first-order chi connectivity index (χ1) is 11.6. The summed E-state index contributed by atoms with van der Waals surface area (Å²) in [5, 5.41) is 0. The molecule has 126 valence electrons. The molecule has 3 rings (SSSR count). The lowest BCUT2D eigenvalue weighted by molar-refractivity contribution is 0.0715. The van der Waals surface area contributed by atoms with Crippen molar-refractivity contribution >= 4 is 27.7 Å². The van der Waals surface area contributed by atoms with Crippen LogP contribution in [0, 0.1) is 5.82 Å². The van der Waals surface area contributed by atoms with Crippen molar-refractivity contribution in [2.75, 3.05) is 26.2 Å². The third kappa shape index (κ3) is 3.51. The van der Waals surface area contributed by atoms with E-state index in [-0.39, 0.29) is 17.4 Å². The molecule has 1 aromatic heterocycles. The van der Waals surface area contributed by atoms with Crippen LogP contribution >= 0.6 is 15.9 Å². The van der Waals surface area contributed by atoms with E-state index in [0.717, 1.165) is 0 Å². The standard InChI is InChI=1S/C17H16BrFN2O3/c18-15-10-12(11-24-15)16(22)20-6-3-7-21(9-8-20)17(23)13-4-1-2-5-14(13)19/h1-2,4-5,10-11H,3,6-9H2. The summed E-state index contributed by atoms with van der Waals surface area (Å²) in [6.45, 7) is 1.81. The zero-order chi connectivity index (χ0) is 17.1. The SMILES string of the molecule is O=C(c1coc(Br)c1)N1CCCN(C(=O)c2ccccc2F)CC1. The number of benzene rings is 1. The Morgan fingerprint density at radius 2 is 1.71 bits per heavy atom. The molecule has 0 saturated carbocycles. The third-order valence-corrected chi connectivity index (χ3v) is 4.40. The lowest BCUT2D eigenvalue weighted by atomic mass is 10.2. The largest absolute Gasteiger partial charge is 0.457 e. The van der Waals surface area contributed by atoms with Crippen LogP contribution < -0.4 is 0 Å². The second-order valence-electron chi connectivity index (χ2n) is 5.56. The normalized spacial score (nSPS) is 15.2. The van der Waals surface area contributed by atoms with Gasteiger partial charge >= 0.3 is 0 Å². The van der Waals surface area contributed by atoms with Gasteiger partial charge in [-0.05, 0) is 34.5 Å². The number of nitrogens with zero attached hydrogens (tertiary/aromatic N) is 2. The molecule has 0 radical (unpaired) electrons. The van der Waals surface area contributed by atoms with Crippen molar-refractivity contribution in [3.63, 3.8) is 0 Å². The van der Waals surface area contributed by atoms with Gasteiger partial charge in [-0.3, -0.25) is 9.59 Å². The van der Waals surface area contributed by atoms with Crippen LogP contribution in [0.25, 0.3) is 0 Å². The summed E-state index contributed by atoms with van der Waals surface area (Å²) in [6, 6.07) is 7.57. The molecular weight excluding hydrogens is 379 g/mol. The van der Waals surface area contributed by atoms with Gasteiger partial charge in [0.1, 0.15) is 12.1 Å². The monoisotopic (exact) mass is 394 g/mol. The molecule has 0 atom stereocenters. The number of amides is 2. The summed E-state index contributed by atoms with van der Waals surface area (Å²) in [6.07, 6.45) is 2.05. The highest BCUT2D eigenvalue weighted by Gasteiger charge is 2.25. The Hall–Kier alpha value is -2.15. The van der Waals surface area contributed by atoms with E-state index in [1.807, 2.05) is 0 Å². The number of hydrogen-bond acceptors (Lipinski definition) is 3. The molecule has 0 unspecified atom stereocenters. The summed E-state index contributed by atoms with van der Waals surface area (Å²) >= 11 is 3.18. The Bertz CT molecular complexity index is 762. The molecule has 0 bridgehead atoms. The zero-order valence-corrected chi connectivity index (χ0v) is 14.5. The maximum absolute atomic E-state index is 13.8. The van der Waals surface area contributed by atoms with Crippen molar-refractivity contribution in [3.05, 3.63) is 58.2 Å². The van der Waals surface area contributed by atoms with Gasteiger partial charge < -0.3 is 14.2 Å². The second kappa shape index (κ2) is 7.17. The molecular formula is C17H16BrFN2O3. The number of rotatable bonds is 2. The highest BCUT2D eigenvalue weighted by atomic mass is 79.9. The number of carbonyl (C=O) groups is 2. The lowest BCUT2D eigenvalue weighted by Gasteiger charge is -2.22. The minimum absolute atomic E-state index is 0.0658. The van der Waals surface area contributed by atoms with Gasteiger partial charge in [-0.1, -0.05) is 12.1 Å². The fourth-order valence-electron chi connectivity index (χ4n) is 2.73. The summed E-state index contributed by atoms with van der Waals surface area (Å²) < 4.78 is 19.4. The molecule has 1 aromatic carbocycles. The van der Waals surface area contributed by atoms with Crippen LogP contribution in [-0.2, 0) is 0 Å². The number of hydrogen-bond donors (Lipinski definition) is 0. The maximum atomic E-state index is 13.8. The van der Waals surface area contributed by atoms with Crippen LogP contribution in [0.5, 0.6) is 0 Å². The Morgan fingerprint density at radius 1 is 1.04 bits per heavy atom. The first-order valence-corrected chi connectivity index (χ1v) is 8.42. The van der Waals surface area contributed by atoms with E-state index >= 15 is 0 Å². The highest BCUT2D eigenvalue weighted by Crippen LogP contribution is 2.18. The zero-order valence-electron chi connectivity index (χ0n) is 12.9. The van der Waals surface area contributed by atoms with Gasteiger partial charge in [0.15, 0.2) is 4.67 Å². The van der Waals surface area contributed by atoms with E-state index in [0.29, 0.717) is 42.8 Å². The van der Waals surface area contributed by atoms with Crippen molar-refractivity contribution < 1.29 is 18.4 Å². The minimum atomic E-state index is -0.525. The average molecular weight is 395 g/mol. The molecule has 1 aliphatic rings. The van der Waals surface area contributed by atoms with Gasteiger partial charge in [0.05, 0.1) is 11.1 Å². The van der Waals surface area contributed by atoms with Gasteiger partial charge in [-0.25, -0.2) is 4.39 Å². The van der Waals surface area contributed by atoms with Gasteiger partial charge in [-0.2, -0.15) is 0 Å². The predicted octanol–water partition coefficient (Wildman–Crippen LogP) is 3.17. The van der Waals surface area contributed by atoms with Gasteiger partial charge in [0.2, 0.25) is 0 Å². The summed E-state index contributed by atoms with van der Waals surface area (Å²) in [5.41, 5.74) is 0.534. The van der Waals surface area contributed by atoms with Crippen molar-refractivity contribution in [1.29, 1.82) is 0 Å². The molecule has 5 nitrogen and oxygen atoms in total. The molecule has 24 heavy (non-hydrogen) atoms. The fourth-order valence-corrected chi connectivity index (χ4v) is 3.07. The van der Waals surface area contributed by atoms with E-state index in [1.54, 1.807) is 28.0 Å². The number of halogens is 2. The van der Waals surface area contributed by atoms with Gasteiger partial charge in [0.25, 0.3) is 11.8 Å². The van der Waals surface area contributed by atoms with Crippen molar-refractivity contribution in [2.24, 2.45) is 0 Å². The lowest BCUT2D eigenvalue weighted by Crippen LogP contribution is -2.37. The molecule has 1 aliphatic heterocycles. The first kappa shape index (κ1) is 16.7. The van der Waals surface area contributed by atoms with Crippen LogP contribution in [0.15, 0.2) is 45.7 Å². The van der Waals surface area contributed by atoms with Crippen molar-refractivity contribution in [3.8, 4) is 0 Å². The predicted molar refractivity (Wildman–Crippen MR) is 89.2 cm³/mol. The van der Waals surface area contributed by atoms with Crippen molar-refractivity contribution in [2.45, 2.75) is 6.42 Å². The molecule has 2 amide bonds. The average Bonchev–Trinajstić information content (AvgIpc) is 2.87. The number of carbonyl (C=O) groups excluding carboxylic acids is 2. The first-order valence-electron chi connectivity index (χ1n) is 7.63. The smallest absolute Gasteiger partial charge is 0.257 e. The van der Waals surface area contributed by atoms with Crippen LogP contribution in [0.2, 0.25) is 0 Å². The number of furan rings is 1. The topological polar surface area (TPSA) is 53.8 Å². The second-order valence-corrected chi connectivity index (χ2v) is 6.34. The van der Waals surface area contributed by atoms with E-state index < -0.39 is 5.82 Å². The summed E-state index contributed by atoms with van der Waals surface area (Å²) in [7, 11) is 0. The molecule has 0 aliphatic carbocycles. The van der Waals surface area contributed by atoms with Crippen LogP contribution in [0.4, 0.5) is 4.39 Å². The van der Waals surface area contributed by atoms with E-state index in [9.17, 15) is 14.0 Å². The van der Waals surface area contributed by atoms with Crippen LogP contribution in [0.3, 0.4) is 0 Å². The molecule has 7 heteroatoms.